The quantitative estimate of drug-likeness (QED) is 0.723. The molecule has 0 saturated heterocycles. The first-order valence-corrected chi connectivity index (χ1v) is 10.1. The third kappa shape index (κ3) is 3.27. The lowest BCUT2D eigenvalue weighted by molar-refractivity contribution is -0.116. The van der Waals surface area contributed by atoms with E-state index in [1.165, 1.54) is 37.5 Å². The van der Waals surface area contributed by atoms with Gasteiger partial charge in [0.1, 0.15) is 11.6 Å². The molecule has 3 aromatic rings. The number of nitrogens with zero attached hydrogens (tertiary/aromatic N) is 1. The topological polar surface area (TPSA) is 79.6 Å². The summed E-state index contributed by atoms with van der Waals surface area (Å²) in [6.07, 6.45) is 2.01. The SMILES string of the molecule is CC(=O)N1CCc2cc(S(=O)(=O)Nc3ccc(F)c(-c4ccco4)c3)ccc21. The van der Waals surface area contributed by atoms with E-state index in [1.807, 2.05) is 0 Å². The van der Waals surface area contributed by atoms with Crippen molar-refractivity contribution >= 4 is 27.3 Å². The molecule has 6 nitrogen and oxygen atoms in total. The zero-order chi connectivity index (χ0) is 19.9. The maximum absolute atomic E-state index is 14.1. The molecule has 0 atom stereocenters. The predicted octanol–water partition coefficient (Wildman–Crippen LogP) is 3.80. The van der Waals surface area contributed by atoms with Gasteiger partial charge in [-0.25, -0.2) is 12.8 Å². The number of sulfonamides is 1. The number of nitrogens with one attached hydrogen (secondary N) is 1. The molecule has 0 radical (unpaired) electrons. The van der Waals surface area contributed by atoms with E-state index in [1.54, 1.807) is 29.2 Å². The molecule has 2 heterocycles. The van der Waals surface area contributed by atoms with Gasteiger partial charge in [0, 0.05) is 24.8 Å². The summed E-state index contributed by atoms with van der Waals surface area (Å²) in [6.45, 7) is 2.01. The van der Waals surface area contributed by atoms with Gasteiger partial charge in [-0.3, -0.25) is 9.52 Å². The number of anilines is 2. The maximum Gasteiger partial charge on any atom is 0.261 e. The van der Waals surface area contributed by atoms with Crippen LogP contribution in [0.2, 0.25) is 0 Å². The van der Waals surface area contributed by atoms with Crippen molar-refractivity contribution in [1.29, 1.82) is 0 Å². The Morgan fingerprint density at radius 3 is 2.71 bits per heavy atom. The first-order chi connectivity index (χ1) is 13.3. The van der Waals surface area contributed by atoms with Gasteiger partial charge >= 0.3 is 0 Å². The summed E-state index contributed by atoms with van der Waals surface area (Å²) >= 11 is 0. The minimum Gasteiger partial charge on any atom is -0.464 e. The summed E-state index contributed by atoms with van der Waals surface area (Å²) in [6, 6.07) is 11.8. The second kappa shape index (κ2) is 6.79. The molecular weight excluding hydrogens is 383 g/mol. The van der Waals surface area contributed by atoms with Crippen LogP contribution in [0.25, 0.3) is 11.3 Å². The highest BCUT2D eigenvalue weighted by Gasteiger charge is 2.25. The minimum absolute atomic E-state index is 0.0794. The van der Waals surface area contributed by atoms with E-state index < -0.39 is 15.8 Å². The maximum atomic E-state index is 14.1. The fourth-order valence-electron chi connectivity index (χ4n) is 3.30. The molecule has 0 aliphatic carbocycles. The molecule has 8 heteroatoms. The van der Waals surface area contributed by atoms with Crippen molar-refractivity contribution in [2.24, 2.45) is 0 Å². The van der Waals surface area contributed by atoms with E-state index in [9.17, 15) is 17.6 Å². The Labute approximate surface area is 161 Å². The van der Waals surface area contributed by atoms with Crippen LogP contribution in [0.5, 0.6) is 0 Å². The van der Waals surface area contributed by atoms with Crippen LogP contribution >= 0.6 is 0 Å². The van der Waals surface area contributed by atoms with Gasteiger partial charge in [-0.2, -0.15) is 0 Å². The summed E-state index contributed by atoms with van der Waals surface area (Å²) in [4.78, 5) is 13.3. The Kier molecular flexibility index (Phi) is 4.43. The standard InChI is InChI=1S/C20H17FN2O4S/c1-13(24)23-9-8-14-11-16(5-7-19(14)23)28(25,26)22-15-4-6-18(21)17(12-15)20-3-2-10-27-20/h2-7,10-12,22H,8-9H2,1H3. The number of hydrogen-bond acceptors (Lipinski definition) is 4. The van der Waals surface area contributed by atoms with Crippen LogP contribution in [-0.4, -0.2) is 20.9 Å². The number of furan rings is 1. The average Bonchev–Trinajstić information content (AvgIpc) is 3.32. The van der Waals surface area contributed by atoms with Crippen LogP contribution in [0.3, 0.4) is 0 Å². The fourth-order valence-corrected chi connectivity index (χ4v) is 4.40. The highest BCUT2D eigenvalue weighted by atomic mass is 32.2. The summed E-state index contributed by atoms with van der Waals surface area (Å²) in [5.74, 6) is -0.288. The van der Waals surface area contributed by atoms with Gasteiger partial charge in [-0.1, -0.05) is 0 Å². The summed E-state index contributed by atoms with van der Waals surface area (Å²) in [5, 5.41) is 0. The van der Waals surface area contributed by atoms with E-state index in [0.717, 1.165) is 11.3 Å². The van der Waals surface area contributed by atoms with Crippen LogP contribution in [-0.2, 0) is 21.2 Å². The van der Waals surface area contributed by atoms with E-state index >= 15 is 0 Å². The first-order valence-electron chi connectivity index (χ1n) is 8.62. The van der Waals surface area contributed by atoms with Crippen LogP contribution in [0.1, 0.15) is 12.5 Å². The third-order valence-corrected chi connectivity index (χ3v) is 6.02. The highest BCUT2D eigenvalue weighted by molar-refractivity contribution is 7.92. The van der Waals surface area contributed by atoms with E-state index in [-0.39, 0.29) is 22.1 Å². The van der Waals surface area contributed by atoms with E-state index in [2.05, 4.69) is 4.72 Å². The summed E-state index contributed by atoms with van der Waals surface area (Å²) in [7, 11) is -3.88. The first kappa shape index (κ1) is 18.2. The number of rotatable bonds is 4. The van der Waals surface area contributed by atoms with Gasteiger partial charge in [0.2, 0.25) is 5.91 Å². The Morgan fingerprint density at radius 2 is 2.00 bits per heavy atom. The summed E-state index contributed by atoms with van der Waals surface area (Å²) < 4.78 is 47.3. The average molecular weight is 400 g/mol. The molecule has 0 spiro atoms. The normalized spacial score (nSPS) is 13.4. The smallest absolute Gasteiger partial charge is 0.261 e. The molecule has 0 saturated carbocycles. The van der Waals surface area contributed by atoms with E-state index in [0.29, 0.717) is 18.7 Å². The molecule has 1 aliphatic rings. The van der Waals surface area contributed by atoms with Crippen molar-refractivity contribution in [3.05, 3.63) is 66.2 Å². The third-order valence-electron chi connectivity index (χ3n) is 4.64. The van der Waals surface area contributed by atoms with E-state index in [4.69, 9.17) is 4.42 Å². The lowest BCUT2D eigenvalue weighted by atomic mass is 10.1. The number of amides is 1. The zero-order valence-electron chi connectivity index (χ0n) is 15.0. The molecule has 28 heavy (non-hydrogen) atoms. The van der Waals surface area contributed by atoms with Crippen molar-refractivity contribution in [2.45, 2.75) is 18.2 Å². The zero-order valence-corrected chi connectivity index (χ0v) is 15.8. The Hall–Kier alpha value is -3.13. The fraction of sp³-hybridized carbons (Fsp3) is 0.150. The molecule has 4 rings (SSSR count). The highest BCUT2D eigenvalue weighted by Crippen LogP contribution is 2.32. The molecule has 0 bridgehead atoms. The number of carbonyl (C=O) groups excluding carboxylic acids is 1. The molecule has 1 N–H and O–H groups in total. The minimum atomic E-state index is -3.88. The van der Waals surface area contributed by atoms with Gasteiger partial charge in [-0.05, 0) is 60.5 Å². The molecule has 0 unspecified atom stereocenters. The predicted molar refractivity (Wildman–Crippen MR) is 103 cm³/mol. The van der Waals surface area contributed by atoms with Gasteiger partial charge in [0.15, 0.2) is 0 Å². The van der Waals surface area contributed by atoms with Gasteiger partial charge in [0.05, 0.1) is 16.7 Å². The molecule has 144 valence electrons. The Bertz CT molecular complexity index is 1160. The molecule has 1 aromatic heterocycles. The number of hydrogen-bond donors (Lipinski definition) is 1. The number of fused-ring (bicyclic) bond motifs is 1. The molecular formula is C20H17FN2O4S. The lowest BCUT2D eigenvalue weighted by Crippen LogP contribution is -2.25. The second-order valence-electron chi connectivity index (χ2n) is 6.49. The van der Waals surface area contributed by atoms with Crippen molar-refractivity contribution in [1.82, 2.24) is 0 Å². The van der Waals surface area contributed by atoms with Gasteiger partial charge in [-0.15, -0.1) is 0 Å². The van der Waals surface area contributed by atoms with Crippen LogP contribution in [0.15, 0.2) is 64.1 Å². The number of carbonyl (C=O) groups is 1. The van der Waals surface area contributed by atoms with Crippen molar-refractivity contribution in [2.75, 3.05) is 16.2 Å². The molecule has 1 amide bonds. The largest absolute Gasteiger partial charge is 0.464 e. The second-order valence-corrected chi connectivity index (χ2v) is 8.17. The van der Waals surface area contributed by atoms with Crippen LogP contribution in [0.4, 0.5) is 15.8 Å². The van der Waals surface area contributed by atoms with Crippen molar-refractivity contribution in [3.63, 3.8) is 0 Å². The van der Waals surface area contributed by atoms with Crippen LogP contribution < -0.4 is 9.62 Å². The monoisotopic (exact) mass is 400 g/mol. The molecule has 2 aromatic carbocycles. The number of halogens is 1. The molecule has 0 fully saturated rings. The van der Waals surface area contributed by atoms with Crippen LogP contribution in [0, 0.1) is 5.82 Å². The molecule has 1 aliphatic heterocycles. The summed E-state index contributed by atoms with van der Waals surface area (Å²) in [5.41, 5.74) is 1.91. The van der Waals surface area contributed by atoms with Gasteiger partial charge in [0.25, 0.3) is 10.0 Å². The Balaban J connectivity index is 1.64. The number of benzene rings is 2. The Morgan fingerprint density at radius 1 is 1.18 bits per heavy atom. The lowest BCUT2D eigenvalue weighted by Gasteiger charge is -2.15. The van der Waals surface area contributed by atoms with Crippen molar-refractivity contribution < 1.29 is 22.0 Å². The van der Waals surface area contributed by atoms with Crippen molar-refractivity contribution in [3.8, 4) is 11.3 Å². The van der Waals surface area contributed by atoms with Gasteiger partial charge < -0.3 is 9.32 Å².